The van der Waals surface area contributed by atoms with E-state index in [9.17, 15) is 9.59 Å². The van der Waals surface area contributed by atoms with Crippen LogP contribution in [0.3, 0.4) is 0 Å². The third-order valence-corrected chi connectivity index (χ3v) is 4.13. The van der Waals surface area contributed by atoms with Crippen LogP contribution in [-0.2, 0) is 19.1 Å². The van der Waals surface area contributed by atoms with Crippen LogP contribution in [0.25, 0.3) is 0 Å². The molecule has 0 N–H and O–H groups in total. The monoisotopic (exact) mass is 266 g/mol. The molecule has 0 radical (unpaired) electrons. The molecule has 2 aliphatic rings. The van der Waals surface area contributed by atoms with Gasteiger partial charge in [-0.2, -0.15) is 0 Å². The molecule has 4 heteroatoms. The minimum atomic E-state index is -1.10. The summed E-state index contributed by atoms with van der Waals surface area (Å²) in [7, 11) is 0. The zero-order valence-corrected chi connectivity index (χ0v) is 11.5. The molecule has 2 fully saturated rings. The molecule has 0 aromatic rings. The maximum Gasteiger partial charge on any atom is 0.324 e. The number of carbonyl (C=O) groups excluding carboxylic acids is 2. The first-order chi connectivity index (χ1) is 9.15. The van der Waals surface area contributed by atoms with E-state index in [2.05, 4.69) is 6.58 Å². The predicted molar refractivity (Wildman–Crippen MR) is 70.3 cm³/mol. The zero-order valence-electron chi connectivity index (χ0n) is 11.5. The van der Waals surface area contributed by atoms with Gasteiger partial charge in [-0.3, -0.25) is 9.59 Å². The Hall–Kier alpha value is -1.32. The van der Waals surface area contributed by atoms with E-state index in [1.54, 1.807) is 13.0 Å². The molecule has 0 saturated heterocycles. The van der Waals surface area contributed by atoms with Crippen molar-refractivity contribution in [1.82, 2.24) is 0 Å². The molecule has 4 nitrogen and oxygen atoms in total. The van der Waals surface area contributed by atoms with E-state index in [4.69, 9.17) is 9.47 Å². The van der Waals surface area contributed by atoms with Gasteiger partial charge in [0.25, 0.3) is 0 Å². The summed E-state index contributed by atoms with van der Waals surface area (Å²) in [5.74, 6) is -1.01. The molecule has 2 saturated carbocycles. The van der Waals surface area contributed by atoms with Crippen LogP contribution in [0.5, 0.6) is 0 Å². The van der Waals surface area contributed by atoms with Gasteiger partial charge >= 0.3 is 11.9 Å². The summed E-state index contributed by atoms with van der Waals surface area (Å²) in [6.07, 6.45) is 7.29. The van der Waals surface area contributed by atoms with Gasteiger partial charge in [-0.25, -0.2) is 0 Å². The number of carbonyl (C=O) groups is 2. The minimum Gasteiger partial charge on any atom is -0.465 e. The van der Waals surface area contributed by atoms with Crippen molar-refractivity contribution < 1.29 is 19.1 Å². The average Bonchev–Trinajstić information content (AvgIpc) is 3.16. The second-order valence-corrected chi connectivity index (χ2v) is 5.40. The van der Waals surface area contributed by atoms with E-state index in [0.29, 0.717) is 6.42 Å². The highest BCUT2D eigenvalue weighted by atomic mass is 16.6. The highest BCUT2D eigenvalue weighted by Crippen LogP contribution is 2.55. The fourth-order valence-electron chi connectivity index (χ4n) is 2.82. The summed E-state index contributed by atoms with van der Waals surface area (Å²) >= 11 is 0. The summed E-state index contributed by atoms with van der Waals surface area (Å²) in [4.78, 5) is 24.3. The van der Waals surface area contributed by atoms with Gasteiger partial charge in [-0.1, -0.05) is 12.5 Å². The largest absolute Gasteiger partial charge is 0.465 e. The Kier molecular flexibility index (Phi) is 4.27. The molecule has 2 unspecified atom stereocenters. The number of ether oxygens (including phenoxy) is 2. The highest BCUT2D eigenvalue weighted by Gasteiger charge is 2.67. The molecule has 2 aliphatic carbocycles. The lowest BCUT2D eigenvalue weighted by Gasteiger charge is -2.24. The fourth-order valence-corrected chi connectivity index (χ4v) is 2.82. The maximum atomic E-state index is 12.3. The molecule has 2 rings (SSSR count). The van der Waals surface area contributed by atoms with Gasteiger partial charge in [0.1, 0.15) is 6.10 Å². The van der Waals surface area contributed by atoms with E-state index in [0.717, 1.165) is 25.7 Å². The Morgan fingerprint density at radius 3 is 2.47 bits per heavy atom. The van der Waals surface area contributed by atoms with E-state index < -0.39 is 17.4 Å². The van der Waals surface area contributed by atoms with Crippen molar-refractivity contribution in [3.63, 3.8) is 0 Å². The van der Waals surface area contributed by atoms with Crippen LogP contribution in [0.2, 0.25) is 0 Å². The lowest BCUT2D eigenvalue weighted by molar-refractivity contribution is -0.169. The second kappa shape index (κ2) is 5.76. The lowest BCUT2D eigenvalue weighted by Crippen LogP contribution is -2.34. The molecule has 0 aromatic carbocycles. The van der Waals surface area contributed by atoms with Gasteiger partial charge in [-0.05, 0) is 39.0 Å². The first-order valence-corrected chi connectivity index (χ1v) is 7.16. The van der Waals surface area contributed by atoms with Crippen LogP contribution in [0, 0.1) is 11.3 Å². The van der Waals surface area contributed by atoms with Crippen LogP contribution in [0.15, 0.2) is 12.7 Å². The highest BCUT2D eigenvalue weighted by molar-refractivity contribution is 6.04. The van der Waals surface area contributed by atoms with Gasteiger partial charge in [0.05, 0.1) is 6.61 Å². The molecule has 0 aliphatic heterocycles. The quantitative estimate of drug-likeness (QED) is 0.436. The first-order valence-electron chi connectivity index (χ1n) is 7.16. The summed E-state index contributed by atoms with van der Waals surface area (Å²) in [5.41, 5.74) is -1.10. The topological polar surface area (TPSA) is 52.6 Å². The normalized spacial score (nSPS) is 30.5. The first kappa shape index (κ1) is 14.1. The number of rotatable bonds is 5. The average molecular weight is 266 g/mol. The van der Waals surface area contributed by atoms with Crippen molar-refractivity contribution in [3.05, 3.63) is 12.7 Å². The van der Waals surface area contributed by atoms with Gasteiger partial charge < -0.3 is 9.47 Å². The predicted octanol–water partition coefficient (Wildman–Crippen LogP) is 2.62. The van der Waals surface area contributed by atoms with Crippen LogP contribution in [-0.4, -0.2) is 24.6 Å². The summed E-state index contributed by atoms with van der Waals surface area (Å²) in [5, 5.41) is 0. The molecule has 0 amide bonds. The van der Waals surface area contributed by atoms with Crippen LogP contribution in [0.1, 0.15) is 45.4 Å². The number of hydrogen-bond donors (Lipinski definition) is 0. The van der Waals surface area contributed by atoms with Crippen molar-refractivity contribution in [2.45, 2.75) is 51.6 Å². The standard InChI is InChI=1S/C15H22O4/c1-3-11-10-15(11,13(16)18-4-2)14(17)19-12-8-6-5-7-9-12/h3,11-12H,1,4-10H2,2H3. The molecule has 0 bridgehead atoms. The Bertz CT molecular complexity index is 370. The van der Waals surface area contributed by atoms with E-state index >= 15 is 0 Å². The maximum absolute atomic E-state index is 12.3. The molecular weight excluding hydrogens is 244 g/mol. The molecular formula is C15H22O4. The van der Waals surface area contributed by atoms with Crippen LogP contribution in [0.4, 0.5) is 0 Å². The van der Waals surface area contributed by atoms with Gasteiger partial charge in [0.2, 0.25) is 0 Å². The van der Waals surface area contributed by atoms with Gasteiger partial charge in [-0.15, -0.1) is 6.58 Å². The summed E-state index contributed by atoms with van der Waals surface area (Å²) < 4.78 is 10.6. The molecule has 0 aromatic heterocycles. The van der Waals surface area contributed by atoms with Gasteiger partial charge in [0, 0.05) is 5.92 Å². The summed E-state index contributed by atoms with van der Waals surface area (Å²) in [6, 6.07) is 0. The molecule has 2 atom stereocenters. The smallest absolute Gasteiger partial charge is 0.324 e. The van der Waals surface area contributed by atoms with Crippen molar-refractivity contribution >= 4 is 11.9 Å². The fraction of sp³-hybridized carbons (Fsp3) is 0.733. The zero-order chi connectivity index (χ0) is 13.9. The van der Waals surface area contributed by atoms with Crippen LogP contribution < -0.4 is 0 Å². The Morgan fingerprint density at radius 2 is 1.95 bits per heavy atom. The molecule has 0 heterocycles. The van der Waals surface area contributed by atoms with Crippen molar-refractivity contribution in [1.29, 1.82) is 0 Å². The number of hydrogen-bond acceptors (Lipinski definition) is 4. The second-order valence-electron chi connectivity index (χ2n) is 5.40. The van der Waals surface area contributed by atoms with E-state index in [1.165, 1.54) is 6.42 Å². The number of allylic oxidation sites excluding steroid dienone is 1. The van der Waals surface area contributed by atoms with Crippen molar-refractivity contribution in [3.8, 4) is 0 Å². The third kappa shape index (κ3) is 2.67. The minimum absolute atomic E-state index is 0.0291. The SMILES string of the molecule is C=CC1CC1(C(=O)OCC)C(=O)OC1CCCCC1. The molecule has 0 spiro atoms. The lowest BCUT2D eigenvalue weighted by atomic mass is 9.97. The molecule has 19 heavy (non-hydrogen) atoms. The Labute approximate surface area is 114 Å². The third-order valence-electron chi connectivity index (χ3n) is 4.13. The van der Waals surface area contributed by atoms with E-state index in [-0.39, 0.29) is 18.6 Å². The van der Waals surface area contributed by atoms with Gasteiger partial charge in [0.15, 0.2) is 5.41 Å². The Balaban J connectivity index is 2.01. The van der Waals surface area contributed by atoms with Crippen molar-refractivity contribution in [2.75, 3.05) is 6.61 Å². The van der Waals surface area contributed by atoms with Crippen molar-refractivity contribution in [2.24, 2.45) is 11.3 Å². The van der Waals surface area contributed by atoms with Crippen LogP contribution >= 0.6 is 0 Å². The molecule has 106 valence electrons. The van der Waals surface area contributed by atoms with E-state index in [1.807, 2.05) is 0 Å². The summed E-state index contributed by atoms with van der Waals surface area (Å²) in [6.45, 7) is 5.69. The Morgan fingerprint density at radius 1 is 1.26 bits per heavy atom. The number of esters is 2.